The minimum Gasteiger partial charge on any atom is -0.319 e. The third-order valence-corrected chi connectivity index (χ3v) is 3.49. The lowest BCUT2D eigenvalue weighted by Gasteiger charge is -2.05. The summed E-state index contributed by atoms with van der Waals surface area (Å²) < 4.78 is 0. The lowest BCUT2D eigenvalue weighted by molar-refractivity contribution is -0.112. The molecule has 0 spiro atoms. The maximum Gasteiger partial charge on any atom is 0.296 e. The number of nitriles is 1. The van der Waals surface area contributed by atoms with Crippen LogP contribution in [-0.4, -0.2) is 11.7 Å². The van der Waals surface area contributed by atoms with Crippen molar-refractivity contribution >= 4 is 28.2 Å². The summed E-state index contributed by atoms with van der Waals surface area (Å²) in [5.41, 5.74) is 1.31. The first kappa shape index (κ1) is 14.5. The maximum atomic E-state index is 12.3. The zero-order chi connectivity index (χ0) is 16.2. The Morgan fingerprint density at radius 2 is 1.57 bits per heavy atom. The van der Waals surface area contributed by atoms with Gasteiger partial charge in [-0.1, -0.05) is 36.4 Å². The summed E-state index contributed by atoms with van der Waals surface area (Å²) in [6.45, 7) is 0. The molecule has 0 atom stereocenters. The van der Waals surface area contributed by atoms with Gasteiger partial charge in [-0.25, -0.2) is 0 Å². The molecule has 23 heavy (non-hydrogen) atoms. The second kappa shape index (κ2) is 6.12. The molecule has 0 saturated carbocycles. The van der Waals surface area contributed by atoms with Gasteiger partial charge >= 0.3 is 0 Å². The van der Waals surface area contributed by atoms with E-state index in [2.05, 4.69) is 5.32 Å². The number of benzene rings is 3. The molecule has 0 aliphatic carbocycles. The van der Waals surface area contributed by atoms with Crippen molar-refractivity contribution in [2.75, 3.05) is 5.32 Å². The van der Waals surface area contributed by atoms with Gasteiger partial charge in [0, 0.05) is 11.3 Å². The van der Waals surface area contributed by atoms with Crippen molar-refractivity contribution in [2.24, 2.45) is 0 Å². The minimum absolute atomic E-state index is 0.342. The number of carbonyl (C=O) groups is 2. The molecule has 3 aromatic carbocycles. The average Bonchev–Trinajstić information content (AvgIpc) is 2.61. The van der Waals surface area contributed by atoms with Gasteiger partial charge in [-0.05, 0) is 41.1 Å². The van der Waals surface area contributed by atoms with Gasteiger partial charge in [-0.2, -0.15) is 5.26 Å². The summed E-state index contributed by atoms with van der Waals surface area (Å²) in [5, 5.41) is 13.2. The predicted molar refractivity (Wildman–Crippen MR) is 88.1 cm³/mol. The molecule has 110 valence electrons. The van der Waals surface area contributed by atoms with Crippen molar-refractivity contribution in [3.8, 4) is 6.07 Å². The molecular formula is C19H12N2O2. The van der Waals surface area contributed by atoms with Crippen molar-refractivity contribution < 1.29 is 9.59 Å². The van der Waals surface area contributed by atoms with Crippen LogP contribution in [0.15, 0.2) is 66.7 Å². The zero-order valence-corrected chi connectivity index (χ0v) is 12.1. The number of fused-ring (bicyclic) bond motifs is 1. The largest absolute Gasteiger partial charge is 0.319 e. The summed E-state index contributed by atoms with van der Waals surface area (Å²) in [6.07, 6.45) is 0. The van der Waals surface area contributed by atoms with Gasteiger partial charge in [0.2, 0.25) is 0 Å². The fraction of sp³-hybridized carbons (Fsp3) is 0. The Bertz CT molecular complexity index is 937. The number of amides is 1. The SMILES string of the molecule is N#Cc1ccc(NC(=O)C(=O)c2ccc3ccccc3c2)cc1. The first-order valence-electron chi connectivity index (χ1n) is 7.02. The lowest BCUT2D eigenvalue weighted by Crippen LogP contribution is -2.22. The van der Waals surface area contributed by atoms with Gasteiger partial charge in [0.25, 0.3) is 11.7 Å². The first-order chi connectivity index (χ1) is 11.2. The van der Waals surface area contributed by atoms with Crippen LogP contribution in [0.25, 0.3) is 10.8 Å². The third kappa shape index (κ3) is 3.09. The van der Waals surface area contributed by atoms with Crippen LogP contribution in [0.2, 0.25) is 0 Å². The predicted octanol–water partition coefficient (Wildman–Crippen LogP) is 3.53. The van der Waals surface area contributed by atoms with Crippen molar-refractivity contribution in [1.29, 1.82) is 5.26 Å². The fourth-order valence-corrected chi connectivity index (χ4v) is 2.28. The number of carbonyl (C=O) groups excluding carboxylic acids is 2. The Labute approximate surface area is 133 Å². The molecule has 1 amide bonds. The van der Waals surface area contributed by atoms with Crippen LogP contribution in [0.1, 0.15) is 15.9 Å². The second-order valence-corrected chi connectivity index (χ2v) is 5.03. The van der Waals surface area contributed by atoms with Crippen LogP contribution in [0.4, 0.5) is 5.69 Å². The number of Topliss-reactive ketones (excluding diaryl/α,β-unsaturated/α-hetero) is 1. The topological polar surface area (TPSA) is 70.0 Å². The van der Waals surface area contributed by atoms with Crippen LogP contribution in [0, 0.1) is 11.3 Å². The number of anilines is 1. The molecule has 4 nitrogen and oxygen atoms in total. The van der Waals surface area contributed by atoms with Crippen molar-refractivity contribution in [2.45, 2.75) is 0 Å². The monoisotopic (exact) mass is 300 g/mol. The number of hydrogen-bond acceptors (Lipinski definition) is 3. The number of ketones is 1. The molecule has 0 bridgehead atoms. The van der Waals surface area contributed by atoms with Crippen LogP contribution in [0.3, 0.4) is 0 Å². The van der Waals surface area contributed by atoms with E-state index in [1.807, 2.05) is 36.4 Å². The van der Waals surface area contributed by atoms with E-state index in [-0.39, 0.29) is 0 Å². The molecular weight excluding hydrogens is 288 g/mol. The van der Waals surface area contributed by atoms with E-state index in [0.717, 1.165) is 10.8 Å². The Hall–Kier alpha value is -3.45. The van der Waals surface area contributed by atoms with Crippen LogP contribution >= 0.6 is 0 Å². The molecule has 0 fully saturated rings. The number of nitrogens with zero attached hydrogens (tertiary/aromatic N) is 1. The quantitative estimate of drug-likeness (QED) is 0.594. The van der Waals surface area contributed by atoms with E-state index in [1.54, 1.807) is 36.4 Å². The van der Waals surface area contributed by atoms with E-state index in [0.29, 0.717) is 16.8 Å². The standard InChI is InChI=1S/C19H12N2O2/c20-12-13-5-9-17(10-6-13)21-19(23)18(22)16-8-7-14-3-1-2-4-15(14)11-16/h1-11H,(H,21,23). The van der Waals surface area contributed by atoms with E-state index >= 15 is 0 Å². The highest BCUT2D eigenvalue weighted by Gasteiger charge is 2.16. The fourth-order valence-electron chi connectivity index (χ4n) is 2.28. The minimum atomic E-state index is -0.704. The third-order valence-electron chi connectivity index (χ3n) is 3.49. The average molecular weight is 300 g/mol. The molecule has 4 heteroatoms. The number of nitrogens with one attached hydrogen (secondary N) is 1. The lowest BCUT2D eigenvalue weighted by atomic mass is 10.0. The van der Waals surface area contributed by atoms with E-state index in [1.165, 1.54) is 0 Å². The summed E-state index contributed by atoms with van der Waals surface area (Å²) in [4.78, 5) is 24.3. The van der Waals surface area contributed by atoms with E-state index < -0.39 is 11.7 Å². The number of rotatable bonds is 3. The summed E-state index contributed by atoms with van der Waals surface area (Å²) >= 11 is 0. The second-order valence-electron chi connectivity index (χ2n) is 5.03. The summed E-state index contributed by atoms with van der Waals surface area (Å²) in [6, 6.07) is 21.1. The molecule has 0 aromatic heterocycles. The summed E-state index contributed by atoms with van der Waals surface area (Å²) in [7, 11) is 0. The molecule has 0 heterocycles. The molecule has 0 unspecified atom stereocenters. The smallest absolute Gasteiger partial charge is 0.296 e. The zero-order valence-electron chi connectivity index (χ0n) is 12.1. The first-order valence-corrected chi connectivity index (χ1v) is 7.02. The van der Waals surface area contributed by atoms with E-state index in [4.69, 9.17) is 5.26 Å². The highest BCUT2D eigenvalue weighted by atomic mass is 16.2. The summed E-state index contributed by atoms with van der Waals surface area (Å²) in [5.74, 6) is -1.30. The Balaban J connectivity index is 1.80. The molecule has 0 radical (unpaired) electrons. The van der Waals surface area contributed by atoms with Crippen LogP contribution in [-0.2, 0) is 4.79 Å². The van der Waals surface area contributed by atoms with E-state index in [9.17, 15) is 9.59 Å². The molecule has 1 N–H and O–H groups in total. The van der Waals surface area contributed by atoms with Gasteiger partial charge in [-0.15, -0.1) is 0 Å². The van der Waals surface area contributed by atoms with Crippen molar-refractivity contribution in [3.63, 3.8) is 0 Å². The molecule has 0 saturated heterocycles. The maximum absolute atomic E-state index is 12.3. The van der Waals surface area contributed by atoms with Crippen molar-refractivity contribution in [3.05, 3.63) is 77.9 Å². The Morgan fingerprint density at radius 3 is 2.26 bits per heavy atom. The molecule has 3 aromatic rings. The number of hydrogen-bond donors (Lipinski definition) is 1. The van der Waals surface area contributed by atoms with Crippen molar-refractivity contribution in [1.82, 2.24) is 0 Å². The van der Waals surface area contributed by atoms with Gasteiger partial charge in [0.1, 0.15) is 0 Å². The highest BCUT2D eigenvalue weighted by molar-refractivity contribution is 6.46. The normalized spacial score (nSPS) is 10.0. The van der Waals surface area contributed by atoms with Crippen LogP contribution in [0.5, 0.6) is 0 Å². The van der Waals surface area contributed by atoms with Crippen LogP contribution < -0.4 is 5.32 Å². The van der Waals surface area contributed by atoms with Gasteiger partial charge < -0.3 is 5.32 Å². The Kier molecular flexibility index (Phi) is 3.86. The molecule has 0 aliphatic heterocycles. The Morgan fingerprint density at radius 1 is 0.870 bits per heavy atom. The van der Waals surface area contributed by atoms with Gasteiger partial charge in [0.05, 0.1) is 11.6 Å². The van der Waals surface area contributed by atoms with Gasteiger partial charge in [0.15, 0.2) is 0 Å². The molecule has 0 aliphatic rings. The van der Waals surface area contributed by atoms with Gasteiger partial charge in [-0.3, -0.25) is 9.59 Å². The highest BCUT2D eigenvalue weighted by Crippen LogP contribution is 2.17. The molecule has 3 rings (SSSR count).